The van der Waals surface area contributed by atoms with Crippen LogP contribution in [0.2, 0.25) is 0 Å². The van der Waals surface area contributed by atoms with E-state index in [1.165, 1.54) is 11.8 Å². The van der Waals surface area contributed by atoms with Crippen molar-refractivity contribution in [2.75, 3.05) is 13.1 Å². The largest absolute Gasteiger partial charge is 0.391 e. The highest BCUT2D eigenvalue weighted by Gasteiger charge is 2.37. The molecule has 0 aromatic carbocycles. The Morgan fingerprint density at radius 1 is 1.53 bits per heavy atom. The number of hydrogen-bond donors (Lipinski definition) is 1. The Kier molecular flexibility index (Phi) is 4.80. The van der Waals surface area contributed by atoms with Crippen molar-refractivity contribution in [2.24, 2.45) is 0 Å². The van der Waals surface area contributed by atoms with Gasteiger partial charge in [-0.15, -0.1) is 0 Å². The molecular formula is C11H19F3N2O. The van der Waals surface area contributed by atoms with Gasteiger partial charge in [-0.25, -0.2) is 0 Å². The van der Waals surface area contributed by atoms with Crippen LogP contribution in [-0.2, 0) is 4.79 Å². The van der Waals surface area contributed by atoms with E-state index in [1.807, 2.05) is 6.92 Å². The van der Waals surface area contributed by atoms with Gasteiger partial charge >= 0.3 is 6.18 Å². The van der Waals surface area contributed by atoms with Crippen LogP contribution < -0.4 is 5.32 Å². The Hall–Kier alpha value is -0.780. The number of carbonyl (C=O) groups excluding carboxylic acids is 1. The molecule has 0 saturated carbocycles. The smallest absolute Gasteiger partial charge is 0.338 e. The molecule has 1 rings (SSSR count). The molecule has 0 aliphatic carbocycles. The lowest BCUT2D eigenvalue weighted by molar-refractivity contribution is -0.156. The van der Waals surface area contributed by atoms with Crippen LogP contribution >= 0.6 is 0 Å². The van der Waals surface area contributed by atoms with Crippen molar-refractivity contribution in [2.45, 2.75) is 51.4 Å². The summed E-state index contributed by atoms with van der Waals surface area (Å²) in [5.74, 6) is -0.199. The summed E-state index contributed by atoms with van der Waals surface area (Å²) in [4.78, 5) is 13.3. The van der Waals surface area contributed by atoms with E-state index in [0.717, 1.165) is 6.42 Å². The van der Waals surface area contributed by atoms with E-state index in [4.69, 9.17) is 0 Å². The van der Waals surface area contributed by atoms with Gasteiger partial charge in [-0.1, -0.05) is 6.92 Å². The lowest BCUT2D eigenvalue weighted by atomic mass is 10.0. The maximum atomic E-state index is 12.3. The number of nitrogens with one attached hydrogen (secondary N) is 1. The molecule has 1 fully saturated rings. The third-order valence-corrected chi connectivity index (χ3v) is 2.98. The predicted octanol–water partition coefficient (Wildman–Crippen LogP) is 1.93. The molecule has 0 spiro atoms. The normalized spacial score (nSPS) is 23.9. The van der Waals surface area contributed by atoms with Crippen LogP contribution in [0, 0.1) is 0 Å². The molecule has 0 radical (unpaired) electrons. The molecular weight excluding hydrogens is 233 g/mol. The van der Waals surface area contributed by atoms with Gasteiger partial charge < -0.3 is 10.2 Å². The Bertz CT molecular complexity index is 266. The third kappa shape index (κ3) is 4.18. The molecule has 6 heteroatoms. The minimum Gasteiger partial charge on any atom is -0.338 e. The van der Waals surface area contributed by atoms with E-state index < -0.39 is 18.6 Å². The van der Waals surface area contributed by atoms with Gasteiger partial charge in [0.2, 0.25) is 5.91 Å². The molecule has 1 N–H and O–H groups in total. The van der Waals surface area contributed by atoms with Gasteiger partial charge in [0.1, 0.15) is 0 Å². The fourth-order valence-corrected chi connectivity index (χ4v) is 2.22. The second kappa shape index (κ2) is 5.71. The Balaban J connectivity index is 2.60. The number of likely N-dealkylation sites (tertiary alicyclic amines) is 1. The molecule has 100 valence electrons. The van der Waals surface area contributed by atoms with Crippen molar-refractivity contribution in [3.05, 3.63) is 0 Å². The number of carbonyl (C=O) groups is 1. The highest BCUT2D eigenvalue weighted by molar-refractivity contribution is 5.82. The van der Waals surface area contributed by atoms with E-state index in [-0.39, 0.29) is 11.9 Å². The van der Waals surface area contributed by atoms with E-state index in [1.54, 1.807) is 0 Å². The molecule has 1 saturated heterocycles. The van der Waals surface area contributed by atoms with Gasteiger partial charge in [0.05, 0.1) is 12.5 Å². The molecule has 1 aliphatic heterocycles. The summed E-state index contributed by atoms with van der Waals surface area (Å²) in [6, 6.07) is -1.09. The van der Waals surface area contributed by atoms with E-state index >= 15 is 0 Å². The first-order chi connectivity index (χ1) is 7.85. The molecule has 0 bridgehead atoms. The zero-order valence-corrected chi connectivity index (χ0v) is 10.2. The maximum absolute atomic E-state index is 12.3. The molecule has 1 amide bonds. The van der Waals surface area contributed by atoms with Crippen LogP contribution in [0.25, 0.3) is 0 Å². The SMILES string of the molecule is CCNC1CCCN(C(C)CC(F)(F)F)C1=O. The van der Waals surface area contributed by atoms with E-state index in [9.17, 15) is 18.0 Å². The van der Waals surface area contributed by atoms with Gasteiger partial charge in [-0.3, -0.25) is 4.79 Å². The first kappa shape index (κ1) is 14.3. The average molecular weight is 252 g/mol. The molecule has 2 unspecified atom stereocenters. The number of hydrogen-bond acceptors (Lipinski definition) is 2. The van der Waals surface area contributed by atoms with Gasteiger partial charge in [0.15, 0.2) is 0 Å². The minimum atomic E-state index is -4.22. The molecule has 1 heterocycles. The fraction of sp³-hybridized carbons (Fsp3) is 0.909. The Morgan fingerprint density at radius 2 is 2.18 bits per heavy atom. The quantitative estimate of drug-likeness (QED) is 0.829. The van der Waals surface area contributed by atoms with Crippen LogP contribution in [-0.4, -0.2) is 42.2 Å². The number of nitrogens with zero attached hydrogens (tertiary/aromatic N) is 1. The second-order valence-electron chi connectivity index (χ2n) is 4.45. The van der Waals surface area contributed by atoms with Crippen LogP contribution in [0.3, 0.4) is 0 Å². The van der Waals surface area contributed by atoms with Gasteiger partial charge in [0, 0.05) is 12.6 Å². The molecule has 0 aromatic heterocycles. The highest BCUT2D eigenvalue weighted by atomic mass is 19.4. The Labute approximate surface area is 99.4 Å². The summed E-state index contributed by atoms with van der Waals surface area (Å²) < 4.78 is 36.8. The molecule has 2 atom stereocenters. The number of rotatable bonds is 4. The fourth-order valence-electron chi connectivity index (χ4n) is 2.22. The number of piperidine rings is 1. The summed E-state index contributed by atoms with van der Waals surface area (Å²) in [6.07, 6.45) is -3.68. The van der Waals surface area contributed by atoms with Crippen molar-refractivity contribution in [3.8, 4) is 0 Å². The predicted molar refractivity (Wildman–Crippen MR) is 58.5 cm³/mol. The summed E-state index contributed by atoms with van der Waals surface area (Å²) >= 11 is 0. The average Bonchev–Trinajstić information content (AvgIpc) is 2.18. The Morgan fingerprint density at radius 3 is 2.71 bits per heavy atom. The van der Waals surface area contributed by atoms with Gasteiger partial charge in [-0.05, 0) is 26.3 Å². The van der Waals surface area contributed by atoms with Crippen LogP contribution in [0.15, 0.2) is 0 Å². The van der Waals surface area contributed by atoms with Crippen molar-refractivity contribution >= 4 is 5.91 Å². The number of halogens is 3. The summed E-state index contributed by atoms with van der Waals surface area (Å²) in [5, 5.41) is 3.01. The summed E-state index contributed by atoms with van der Waals surface area (Å²) in [6.45, 7) is 4.42. The minimum absolute atomic E-state index is 0.199. The monoisotopic (exact) mass is 252 g/mol. The highest BCUT2D eigenvalue weighted by Crippen LogP contribution is 2.26. The van der Waals surface area contributed by atoms with Crippen molar-refractivity contribution < 1.29 is 18.0 Å². The summed E-state index contributed by atoms with van der Waals surface area (Å²) in [7, 11) is 0. The molecule has 17 heavy (non-hydrogen) atoms. The molecule has 0 aromatic rings. The zero-order chi connectivity index (χ0) is 13.1. The van der Waals surface area contributed by atoms with Crippen molar-refractivity contribution in [1.29, 1.82) is 0 Å². The van der Waals surface area contributed by atoms with Crippen molar-refractivity contribution in [3.63, 3.8) is 0 Å². The molecule has 3 nitrogen and oxygen atoms in total. The van der Waals surface area contributed by atoms with E-state index in [2.05, 4.69) is 5.32 Å². The van der Waals surface area contributed by atoms with Gasteiger partial charge in [-0.2, -0.15) is 13.2 Å². The van der Waals surface area contributed by atoms with Crippen molar-refractivity contribution in [1.82, 2.24) is 10.2 Å². The number of alkyl halides is 3. The zero-order valence-electron chi connectivity index (χ0n) is 10.2. The van der Waals surface area contributed by atoms with Gasteiger partial charge in [0.25, 0.3) is 0 Å². The first-order valence-corrected chi connectivity index (χ1v) is 5.95. The number of amides is 1. The van der Waals surface area contributed by atoms with E-state index in [0.29, 0.717) is 19.5 Å². The lowest BCUT2D eigenvalue weighted by Gasteiger charge is -2.37. The molecule has 1 aliphatic rings. The van der Waals surface area contributed by atoms with Crippen LogP contribution in [0.1, 0.15) is 33.1 Å². The van der Waals surface area contributed by atoms with Crippen LogP contribution in [0.5, 0.6) is 0 Å². The summed E-state index contributed by atoms with van der Waals surface area (Å²) in [5.41, 5.74) is 0. The topological polar surface area (TPSA) is 32.3 Å². The lowest BCUT2D eigenvalue weighted by Crippen LogP contribution is -2.54. The maximum Gasteiger partial charge on any atom is 0.391 e. The third-order valence-electron chi connectivity index (χ3n) is 2.98. The first-order valence-electron chi connectivity index (χ1n) is 5.95. The standard InChI is InChI=1S/C11H19F3N2O/c1-3-15-9-5-4-6-16(10(9)17)8(2)7-11(12,13)14/h8-9,15H,3-7H2,1-2H3. The van der Waals surface area contributed by atoms with Crippen LogP contribution in [0.4, 0.5) is 13.2 Å². The number of likely N-dealkylation sites (N-methyl/N-ethyl adjacent to an activating group) is 1. The second-order valence-corrected chi connectivity index (χ2v) is 4.45.